The topological polar surface area (TPSA) is 17.8 Å². The molecule has 1 unspecified atom stereocenters. The van der Waals surface area contributed by atoms with Crippen LogP contribution in [0.5, 0.6) is 0 Å². The number of unbranched alkanes of at least 4 members (excludes halogenated alkanes) is 5. The SMILES string of the molecule is CCCCCCC(CCCCC)c1ccn(CC)n1. The second kappa shape index (κ2) is 10.1. The van der Waals surface area contributed by atoms with Crippen LogP contribution in [0, 0.1) is 0 Å². The summed E-state index contributed by atoms with van der Waals surface area (Å²) in [5.74, 6) is 0.691. The van der Waals surface area contributed by atoms with Gasteiger partial charge in [-0.05, 0) is 25.8 Å². The zero-order valence-corrected chi connectivity index (χ0v) is 13.2. The summed E-state index contributed by atoms with van der Waals surface area (Å²) < 4.78 is 2.06. The quantitative estimate of drug-likeness (QED) is 0.480. The van der Waals surface area contributed by atoms with Gasteiger partial charge in [0.15, 0.2) is 0 Å². The molecule has 1 aromatic heterocycles. The monoisotopic (exact) mass is 264 g/mol. The molecule has 0 saturated heterocycles. The third-order valence-corrected chi connectivity index (χ3v) is 3.97. The van der Waals surface area contributed by atoms with Gasteiger partial charge in [0.05, 0.1) is 5.69 Å². The van der Waals surface area contributed by atoms with Crippen molar-refractivity contribution in [3.63, 3.8) is 0 Å². The first-order chi connectivity index (χ1) is 9.31. The van der Waals surface area contributed by atoms with Crippen molar-refractivity contribution in [3.8, 4) is 0 Å². The van der Waals surface area contributed by atoms with Crippen molar-refractivity contribution < 1.29 is 0 Å². The smallest absolute Gasteiger partial charge is 0.0655 e. The summed E-state index contributed by atoms with van der Waals surface area (Å²) in [6.45, 7) is 7.70. The lowest BCUT2D eigenvalue weighted by Gasteiger charge is -2.14. The second-order valence-corrected chi connectivity index (χ2v) is 5.64. The Balaban J connectivity index is 2.47. The van der Waals surface area contributed by atoms with Gasteiger partial charge in [0, 0.05) is 18.7 Å². The fourth-order valence-electron chi connectivity index (χ4n) is 2.67. The first-order valence-electron chi connectivity index (χ1n) is 8.35. The summed E-state index contributed by atoms with van der Waals surface area (Å²) in [5.41, 5.74) is 1.33. The van der Waals surface area contributed by atoms with E-state index in [1.54, 1.807) is 0 Å². The molecule has 1 rings (SSSR count). The Bertz CT molecular complexity index is 317. The third kappa shape index (κ3) is 6.26. The number of hydrogen-bond acceptors (Lipinski definition) is 1. The van der Waals surface area contributed by atoms with Crippen molar-refractivity contribution in [1.29, 1.82) is 0 Å². The van der Waals surface area contributed by atoms with Gasteiger partial charge in [0.2, 0.25) is 0 Å². The number of hydrogen-bond donors (Lipinski definition) is 0. The molecular formula is C17H32N2. The molecule has 0 aliphatic rings. The normalized spacial score (nSPS) is 12.8. The van der Waals surface area contributed by atoms with Crippen molar-refractivity contribution in [3.05, 3.63) is 18.0 Å². The van der Waals surface area contributed by atoms with Crippen LogP contribution in [0.2, 0.25) is 0 Å². The highest BCUT2D eigenvalue weighted by Crippen LogP contribution is 2.27. The second-order valence-electron chi connectivity index (χ2n) is 5.64. The van der Waals surface area contributed by atoms with E-state index in [0.29, 0.717) is 5.92 Å². The van der Waals surface area contributed by atoms with Gasteiger partial charge in [0.1, 0.15) is 0 Å². The van der Waals surface area contributed by atoms with E-state index in [1.807, 2.05) is 0 Å². The molecule has 0 bridgehead atoms. The van der Waals surface area contributed by atoms with E-state index in [0.717, 1.165) is 6.54 Å². The Hall–Kier alpha value is -0.790. The molecule has 0 fully saturated rings. The highest BCUT2D eigenvalue weighted by molar-refractivity contribution is 5.06. The van der Waals surface area contributed by atoms with Gasteiger partial charge in [-0.1, -0.05) is 58.8 Å². The lowest BCUT2D eigenvalue weighted by atomic mass is 9.92. The van der Waals surface area contributed by atoms with Crippen LogP contribution in [0.25, 0.3) is 0 Å². The maximum absolute atomic E-state index is 4.72. The van der Waals surface area contributed by atoms with Crippen LogP contribution in [-0.4, -0.2) is 9.78 Å². The molecule has 1 atom stereocenters. The van der Waals surface area contributed by atoms with Crippen LogP contribution in [0.1, 0.15) is 90.2 Å². The fourth-order valence-corrected chi connectivity index (χ4v) is 2.67. The molecule has 0 N–H and O–H groups in total. The predicted molar refractivity (Wildman–Crippen MR) is 83.5 cm³/mol. The number of rotatable bonds is 11. The summed E-state index contributed by atoms with van der Waals surface area (Å²) in [7, 11) is 0. The number of aryl methyl sites for hydroxylation is 1. The Labute approximate surface area is 119 Å². The van der Waals surface area contributed by atoms with Gasteiger partial charge in [-0.25, -0.2) is 0 Å². The van der Waals surface area contributed by atoms with Gasteiger partial charge in [-0.2, -0.15) is 5.10 Å². The minimum atomic E-state index is 0.691. The van der Waals surface area contributed by atoms with Crippen molar-refractivity contribution >= 4 is 0 Å². The molecule has 2 heteroatoms. The Morgan fingerprint density at radius 3 is 2.16 bits per heavy atom. The average Bonchev–Trinajstić information content (AvgIpc) is 2.90. The van der Waals surface area contributed by atoms with Gasteiger partial charge in [-0.15, -0.1) is 0 Å². The minimum absolute atomic E-state index is 0.691. The van der Waals surface area contributed by atoms with E-state index in [9.17, 15) is 0 Å². The maximum atomic E-state index is 4.72. The van der Waals surface area contributed by atoms with E-state index in [-0.39, 0.29) is 0 Å². The van der Waals surface area contributed by atoms with Gasteiger partial charge >= 0.3 is 0 Å². The first kappa shape index (κ1) is 16.3. The molecule has 1 heterocycles. The van der Waals surface area contributed by atoms with Crippen molar-refractivity contribution in [1.82, 2.24) is 9.78 Å². The van der Waals surface area contributed by atoms with E-state index in [2.05, 4.69) is 37.7 Å². The molecule has 19 heavy (non-hydrogen) atoms. The van der Waals surface area contributed by atoms with E-state index in [4.69, 9.17) is 5.10 Å². The maximum Gasteiger partial charge on any atom is 0.0655 e. The lowest BCUT2D eigenvalue weighted by Crippen LogP contribution is -2.03. The summed E-state index contributed by atoms with van der Waals surface area (Å²) in [4.78, 5) is 0. The predicted octanol–water partition coefficient (Wildman–Crippen LogP) is 5.54. The zero-order chi connectivity index (χ0) is 13.9. The van der Waals surface area contributed by atoms with Gasteiger partial charge < -0.3 is 0 Å². The van der Waals surface area contributed by atoms with Gasteiger partial charge in [-0.3, -0.25) is 4.68 Å². The van der Waals surface area contributed by atoms with Crippen molar-refractivity contribution in [2.24, 2.45) is 0 Å². The van der Waals surface area contributed by atoms with Crippen LogP contribution in [-0.2, 0) is 6.54 Å². The third-order valence-electron chi connectivity index (χ3n) is 3.97. The van der Waals surface area contributed by atoms with E-state index < -0.39 is 0 Å². The van der Waals surface area contributed by atoms with E-state index >= 15 is 0 Å². The van der Waals surface area contributed by atoms with Crippen LogP contribution >= 0.6 is 0 Å². The summed E-state index contributed by atoms with van der Waals surface area (Å²) in [6.07, 6.45) is 14.3. The molecule has 0 saturated carbocycles. The standard InChI is InChI=1S/C17H32N2/c1-4-7-9-11-13-16(12-10-8-5-2)17-14-15-19(6-3)18-17/h14-16H,4-13H2,1-3H3. The average molecular weight is 264 g/mol. The molecule has 110 valence electrons. The Morgan fingerprint density at radius 2 is 1.58 bits per heavy atom. The van der Waals surface area contributed by atoms with Crippen LogP contribution in [0.15, 0.2) is 12.3 Å². The zero-order valence-electron chi connectivity index (χ0n) is 13.2. The fraction of sp³-hybridized carbons (Fsp3) is 0.824. The molecule has 0 aromatic carbocycles. The minimum Gasteiger partial charge on any atom is -0.273 e. The summed E-state index contributed by atoms with van der Waals surface area (Å²) in [6, 6.07) is 2.24. The van der Waals surface area contributed by atoms with E-state index in [1.165, 1.54) is 63.5 Å². The summed E-state index contributed by atoms with van der Waals surface area (Å²) >= 11 is 0. The lowest BCUT2D eigenvalue weighted by molar-refractivity contribution is 0.485. The molecule has 1 aromatic rings. The summed E-state index contributed by atoms with van der Waals surface area (Å²) in [5, 5.41) is 4.72. The van der Waals surface area contributed by atoms with Crippen LogP contribution in [0.3, 0.4) is 0 Å². The first-order valence-corrected chi connectivity index (χ1v) is 8.35. The van der Waals surface area contributed by atoms with Crippen molar-refractivity contribution in [2.45, 2.75) is 91.0 Å². The Kier molecular flexibility index (Phi) is 8.61. The van der Waals surface area contributed by atoms with Gasteiger partial charge in [0.25, 0.3) is 0 Å². The largest absolute Gasteiger partial charge is 0.273 e. The molecule has 2 nitrogen and oxygen atoms in total. The molecule has 0 aliphatic heterocycles. The Morgan fingerprint density at radius 1 is 0.947 bits per heavy atom. The highest BCUT2D eigenvalue weighted by Gasteiger charge is 2.13. The number of nitrogens with zero attached hydrogens (tertiary/aromatic N) is 2. The highest BCUT2D eigenvalue weighted by atomic mass is 15.3. The van der Waals surface area contributed by atoms with Crippen LogP contribution < -0.4 is 0 Å². The molecule has 0 amide bonds. The molecular weight excluding hydrogens is 232 g/mol. The number of aromatic nitrogens is 2. The molecule has 0 spiro atoms. The van der Waals surface area contributed by atoms with Crippen LogP contribution in [0.4, 0.5) is 0 Å². The molecule has 0 aliphatic carbocycles. The van der Waals surface area contributed by atoms with Crippen molar-refractivity contribution in [2.75, 3.05) is 0 Å². The molecule has 0 radical (unpaired) electrons.